The summed E-state index contributed by atoms with van der Waals surface area (Å²) in [5, 5.41) is 9.28. The molecule has 6 heteroatoms. The van der Waals surface area contributed by atoms with E-state index in [4.69, 9.17) is 0 Å². The number of benzene rings is 1. The number of likely N-dealkylation sites (tertiary alicyclic amines) is 1. The van der Waals surface area contributed by atoms with Crippen LogP contribution in [0.3, 0.4) is 0 Å². The minimum Gasteiger partial charge on any atom is -0.481 e. The molecular weight excluding hydrogens is 292 g/mol. The van der Waals surface area contributed by atoms with E-state index < -0.39 is 23.5 Å². The summed E-state index contributed by atoms with van der Waals surface area (Å²) in [7, 11) is 0. The molecule has 3 rings (SSSR count). The summed E-state index contributed by atoms with van der Waals surface area (Å²) in [5.74, 6) is -2.76. The Kier molecular flexibility index (Phi) is 3.85. The van der Waals surface area contributed by atoms with Crippen LogP contribution >= 0.6 is 0 Å². The molecule has 0 radical (unpaired) electrons. The Morgan fingerprint density at radius 2 is 1.95 bits per heavy atom. The molecule has 0 spiro atoms. The first-order valence-electron chi connectivity index (χ1n) is 7.40. The Bertz CT molecular complexity index is 615. The summed E-state index contributed by atoms with van der Waals surface area (Å²) in [6.07, 6.45) is 1.86. The van der Waals surface area contributed by atoms with Gasteiger partial charge in [0.2, 0.25) is 5.91 Å². The van der Waals surface area contributed by atoms with Crippen molar-refractivity contribution in [1.82, 2.24) is 4.90 Å². The topological polar surface area (TPSA) is 57.6 Å². The van der Waals surface area contributed by atoms with Crippen molar-refractivity contribution >= 4 is 11.9 Å². The fraction of sp³-hybridized carbons (Fsp3) is 0.500. The molecule has 1 aromatic carbocycles. The quantitative estimate of drug-likeness (QED) is 0.926. The molecule has 1 saturated heterocycles. The average molecular weight is 309 g/mol. The molecule has 1 aliphatic carbocycles. The highest BCUT2D eigenvalue weighted by molar-refractivity contribution is 5.81. The zero-order valence-corrected chi connectivity index (χ0v) is 12.0. The van der Waals surface area contributed by atoms with Gasteiger partial charge in [0, 0.05) is 19.2 Å². The number of aliphatic carboxylic acids is 1. The molecule has 1 amide bonds. The zero-order valence-electron chi connectivity index (χ0n) is 12.0. The third kappa shape index (κ3) is 2.96. The van der Waals surface area contributed by atoms with Gasteiger partial charge in [0.05, 0.1) is 12.3 Å². The molecule has 118 valence electrons. The van der Waals surface area contributed by atoms with E-state index in [1.165, 1.54) is 11.0 Å². The fourth-order valence-corrected chi connectivity index (χ4v) is 3.24. The van der Waals surface area contributed by atoms with Gasteiger partial charge in [-0.1, -0.05) is 6.07 Å². The van der Waals surface area contributed by atoms with Crippen LogP contribution in [0.5, 0.6) is 0 Å². The van der Waals surface area contributed by atoms with Crippen molar-refractivity contribution in [2.24, 2.45) is 17.8 Å². The number of nitrogens with zero attached hydrogens (tertiary/aromatic N) is 1. The largest absolute Gasteiger partial charge is 0.481 e. The van der Waals surface area contributed by atoms with E-state index in [9.17, 15) is 23.5 Å². The third-order valence-electron chi connectivity index (χ3n) is 4.62. The number of carboxylic acids is 1. The van der Waals surface area contributed by atoms with Crippen molar-refractivity contribution in [3.63, 3.8) is 0 Å². The van der Waals surface area contributed by atoms with Crippen LogP contribution in [0.15, 0.2) is 18.2 Å². The van der Waals surface area contributed by atoms with Crippen LogP contribution in [0.1, 0.15) is 18.4 Å². The highest BCUT2D eigenvalue weighted by atomic mass is 19.1. The molecule has 2 aliphatic rings. The highest BCUT2D eigenvalue weighted by Gasteiger charge is 2.46. The lowest BCUT2D eigenvalue weighted by atomic mass is 9.92. The molecule has 2 fully saturated rings. The van der Waals surface area contributed by atoms with Crippen molar-refractivity contribution < 1.29 is 23.5 Å². The van der Waals surface area contributed by atoms with Crippen LogP contribution < -0.4 is 0 Å². The van der Waals surface area contributed by atoms with Crippen molar-refractivity contribution in [2.45, 2.75) is 19.3 Å². The van der Waals surface area contributed by atoms with Gasteiger partial charge >= 0.3 is 5.97 Å². The van der Waals surface area contributed by atoms with Gasteiger partial charge in [-0.2, -0.15) is 0 Å². The second-order valence-electron chi connectivity index (χ2n) is 6.16. The van der Waals surface area contributed by atoms with Gasteiger partial charge in [0.25, 0.3) is 0 Å². The van der Waals surface area contributed by atoms with Crippen LogP contribution in [0.2, 0.25) is 0 Å². The fourth-order valence-electron chi connectivity index (χ4n) is 3.24. The molecule has 1 saturated carbocycles. The van der Waals surface area contributed by atoms with Crippen molar-refractivity contribution in [3.8, 4) is 0 Å². The van der Waals surface area contributed by atoms with Gasteiger partial charge in [0.15, 0.2) is 0 Å². The Hall–Kier alpha value is -1.98. The van der Waals surface area contributed by atoms with Gasteiger partial charge in [-0.25, -0.2) is 8.78 Å². The normalized spacial score (nSPS) is 24.5. The molecule has 0 aromatic heterocycles. The summed E-state index contributed by atoms with van der Waals surface area (Å²) in [5.41, 5.74) is 0.133. The van der Waals surface area contributed by atoms with E-state index in [1.807, 2.05) is 0 Å². The molecule has 1 aliphatic heterocycles. The van der Waals surface area contributed by atoms with Gasteiger partial charge in [-0.15, -0.1) is 0 Å². The maximum Gasteiger partial charge on any atom is 0.308 e. The molecular formula is C16H17F2NO3. The number of halogens is 2. The van der Waals surface area contributed by atoms with E-state index in [-0.39, 0.29) is 30.4 Å². The van der Waals surface area contributed by atoms with E-state index >= 15 is 0 Å². The molecule has 0 unspecified atom stereocenters. The lowest BCUT2D eigenvalue weighted by molar-refractivity contribution is -0.142. The molecule has 1 aromatic rings. The van der Waals surface area contributed by atoms with Gasteiger partial charge < -0.3 is 10.0 Å². The Morgan fingerprint density at radius 1 is 1.23 bits per heavy atom. The number of carbonyl (C=O) groups excluding carboxylic acids is 1. The van der Waals surface area contributed by atoms with Crippen LogP contribution in [-0.4, -0.2) is 35.0 Å². The molecule has 2 atom stereocenters. The first kappa shape index (κ1) is 14.9. The zero-order chi connectivity index (χ0) is 15.9. The molecule has 1 heterocycles. The lowest BCUT2D eigenvalue weighted by Crippen LogP contribution is -2.31. The van der Waals surface area contributed by atoms with Crippen LogP contribution in [0.4, 0.5) is 8.78 Å². The number of amides is 1. The summed E-state index contributed by atoms with van der Waals surface area (Å²) >= 11 is 0. The minimum atomic E-state index is -0.875. The number of hydrogen-bond donors (Lipinski definition) is 1. The number of carboxylic acid groups (broad SMARTS) is 1. The Labute approximate surface area is 126 Å². The first-order chi connectivity index (χ1) is 10.5. The van der Waals surface area contributed by atoms with Crippen LogP contribution in [-0.2, 0) is 16.0 Å². The van der Waals surface area contributed by atoms with Crippen molar-refractivity contribution in [1.29, 1.82) is 0 Å². The standard InChI is InChI=1S/C16H17F2NO3/c17-11-4-3-10(14(18)6-11)5-15(20)19-7-12(9-1-2-9)13(8-19)16(21)22/h3-4,6,9,12-13H,1-2,5,7-8H2,(H,21,22)/t12-,13+/m0/s1. The van der Waals surface area contributed by atoms with Crippen LogP contribution in [0.25, 0.3) is 0 Å². The van der Waals surface area contributed by atoms with Crippen molar-refractivity contribution in [2.75, 3.05) is 13.1 Å². The highest BCUT2D eigenvalue weighted by Crippen LogP contribution is 2.44. The summed E-state index contributed by atoms with van der Waals surface area (Å²) in [4.78, 5) is 25.1. The SMILES string of the molecule is O=C(O)[C@@H]1CN(C(=O)Cc2ccc(F)cc2F)C[C@H]1C1CC1. The summed E-state index contributed by atoms with van der Waals surface area (Å²) in [6.45, 7) is 0.599. The molecule has 1 N–H and O–H groups in total. The summed E-state index contributed by atoms with van der Waals surface area (Å²) < 4.78 is 26.5. The minimum absolute atomic E-state index is 0.000449. The van der Waals surface area contributed by atoms with E-state index in [1.54, 1.807) is 0 Å². The maximum absolute atomic E-state index is 13.6. The van der Waals surface area contributed by atoms with Gasteiger partial charge in [-0.3, -0.25) is 9.59 Å². The predicted molar refractivity (Wildman–Crippen MR) is 74.0 cm³/mol. The van der Waals surface area contributed by atoms with E-state index in [2.05, 4.69) is 0 Å². The number of rotatable bonds is 4. The second-order valence-corrected chi connectivity index (χ2v) is 6.16. The maximum atomic E-state index is 13.6. The molecule has 22 heavy (non-hydrogen) atoms. The second kappa shape index (κ2) is 5.66. The number of hydrogen-bond acceptors (Lipinski definition) is 2. The predicted octanol–water partition coefficient (Wildman–Crippen LogP) is 2.08. The molecule has 4 nitrogen and oxygen atoms in total. The first-order valence-corrected chi connectivity index (χ1v) is 7.40. The Morgan fingerprint density at radius 3 is 2.55 bits per heavy atom. The number of carbonyl (C=O) groups is 2. The van der Waals surface area contributed by atoms with E-state index in [0.29, 0.717) is 12.5 Å². The van der Waals surface area contributed by atoms with Gasteiger partial charge in [-0.05, 0) is 36.3 Å². The lowest BCUT2D eigenvalue weighted by Gasteiger charge is -2.16. The molecule has 0 bridgehead atoms. The third-order valence-corrected chi connectivity index (χ3v) is 4.62. The summed E-state index contributed by atoms with van der Waals surface area (Å²) in [6, 6.07) is 3.12. The van der Waals surface area contributed by atoms with Gasteiger partial charge in [0.1, 0.15) is 11.6 Å². The monoisotopic (exact) mass is 309 g/mol. The van der Waals surface area contributed by atoms with Crippen LogP contribution in [0, 0.1) is 29.4 Å². The van der Waals surface area contributed by atoms with E-state index in [0.717, 1.165) is 25.0 Å². The smallest absolute Gasteiger partial charge is 0.308 e. The Balaban J connectivity index is 1.69. The average Bonchev–Trinajstić information content (AvgIpc) is 3.20. The van der Waals surface area contributed by atoms with Crippen molar-refractivity contribution in [3.05, 3.63) is 35.4 Å².